The molecule has 0 saturated carbocycles. The largest absolute Gasteiger partial charge is 0.381 e. The van der Waals surface area contributed by atoms with Crippen LogP contribution in [-0.4, -0.2) is 32.0 Å². The Bertz CT molecular complexity index is 126. The summed E-state index contributed by atoms with van der Waals surface area (Å²) in [5, 5.41) is 0. The van der Waals surface area contributed by atoms with Crippen molar-refractivity contribution in [1.29, 1.82) is 0 Å². The second-order valence-electron chi connectivity index (χ2n) is 3.39. The van der Waals surface area contributed by atoms with Gasteiger partial charge in [-0.05, 0) is 12.8 Å². The van der Waals surface area contributed by atoms with Crippen LogP contribution < -0.4 is 5.73 Å². The molecule has 3 unspecified atom stereocenters. The number of hydrogen-bond donors (Lipinski definition) is 1. The number of rotatable bonds is 1. The van der Waals surface area contributed by atoms with Gasteiger partial charge in [-0.1, -0.05) is 0 Å². The topological polar surface area (TPSA) is 44.5 Å². The van der Waals surface area contributed by atoms with Crippen molar-refractivity contribution in [2.24, 2.45) is 11.7 Å². The highest BCUT2D eigenvalue weighted by Crippen LogP contribution is 2.31. The zero-order valence-electron chi connectivity index (χ0n) is 6.66. The SMILES string of the molecule is NCC1CC2COCCC2O1. The fraction of sp³-hybridized carbons (Fsp3) is 1.00. The summed E-state index contributed by atoms with van der Waals surface area (Å²) in [6, 6.07) is 0. The Kier molecular flexibility index (Phi) is 2.11. The normalized spacial score (nSPS) is 43.9. The smallest absolute Gasteiger partial charge is 0.0705 e. The summed E-state index contributed by atoms with van der Waals surface area (Å²) < 4.78 is 11.1. The highest BCUT2D eigenvalue weighted by atomic mass is 16.5. The monoisotopic (exact) mass is 157 g/mol. The molecule has 0 radical (unpaired) electrons. The third-order valence-electron chi connectivity index (χ3n) is 2.60. The maximum atomic E-state index is 5.71. The van der Waals surface area contributed by atoms with Crippen LogP contribution in [0, 0.1) is 5.92 Å². The lowest BCUT2D eigenvalue weighted by Gasteiger charge is -2.23. The molecule has 0 aromatic carbocycles. The maximum Gasteiger partial charge on any atom is 0.0705 e. The van der Waals surface area contributed by atoms with Gasteiger partial charge in [0.1, 0.15) is 0 Å². The van der Waals surface area contributed by atoms with Gasteiger partial charge in [-0.2, -0.15) is 0 Å². The van der Waals surface area contributed by atoms with Crippen LogP contribution in [0.15, 0.2) is 0 Å². The van der Waals surface area contributed by atoms with Crippen molar-refractivity contribution in [2.45, 2.75) is 25.0 Å². The van der Waals surface area contributed by atoms with E-state index in [2.05, 4.69) is 0 Å². The van der Waals surface area contributed by atoms with Gasteiger partial charge in [0.2, 0.25) is 0 Å². The van der Waals surface area contributed by atoms with Gasteiger partial charge in [-0.25, -0.2) is 0 Å². The summed E-state index contributed by atoms with van der Waals surface area (Å²) in [6.07, 6.45) is 2.89. The molecular formula is C8H15NO2. The molecule has 0 amide bonds. The van der Waals surface area contributed by atoms with E-state index in [4.69, 9.17) is 15.2 Å². The first-order valence-corrected chi connectivity index (χ1v) is 4.33. The zero-order valence-corrected chi connectivity index (χ0v) is 6.66. The molecule has 2 rings (SSSR count). The Hall–Kier alpha value is -0.120. The number of nitrogens with two attached hydrogens (primary N) is 1. The minimum Gasteiger partial charge on any atom is -0.381 e. The lowest BCUT2D eigenvalue weighted by molar-refractivity contribution is -0.0353. The van der Waals surface area contributed by atoms with E-state index < -0.39 is 0 Å². The van der Waals surface area contributed by atoms with E-state index in [0.29, 0.717) is 24.7 Å². The van der Waals surface area contributed by atoms with E-state index in [1.54, 1.807) is 0 Å². The second-order valence-corrected chi connectivity index (χ2v) is 3.39. The van der Waals surface area contributed by atoms with Crippen LogP contribution >= 0.6 is 0 Å². The van der Waals surface area contributed by atoms with Gasteiger partial charge >= 0.3 is 0 Å². The molecule has 0 aromatic rings. The molecule has 2 fully saturated rings. The first kappa shape index (κ1) is 7.53. The quantitative estimate of drug-likeness (QED) is 0.589. The van der Waals surface area contributed by atoms with Crippen LogP contribution in [0.2, 0.25) is 0 Å². The van der Waals surface area contributed by atoms with Crippen LogP contribution in [0.4, 0.5) is 0 Å². The number of ether oxygens (including phenoxy) is 2. The molecule has 0 aromatic heterocycles. The molecule has 2 aliphatic rings. The molecule has 3 atom stereocenters. The highest BCUT2D eigenvalue weighted by molar-refractivity contribution is 4.84. The third-order valence-corrected chi connectivity index (χ3v) is 2.60. The molecule has 0 aliphatic carbocycles. The lowest BCUT2D eigenvalue weighted by Crippen LogP contribution is -2.28. The molecule has 0 bridgehead atoms. The van der Waals surface area contributed by atoms with E-state index in [9.17, 15) is 0 Å². The summed E-state index contributed by atoms with van der Waals surface area (Å²) in [4.78, 5) is 0. The fourth-order valence-corrected chi connectivity index (χ4v) is 1.97. The van der Waals surface area contributed by atoms with E-state index in [1.165, 1.54) is 0 Å². The van der Waals surface area contributed by atoms with Crippen LogP contribution in [0.1, 0.15) is 12.8 Å². The molecule has 3 nitrogen and oxygen atoms in total. The van der Waals surface area contributed by atoms with Crippen molar-refractivity contribution in [3.63, 3.8) is 0 Å². The Morgan fingerprint density at radius 2 is 2.36 bits per heavy atom. The number of fused-ring (bicyclic) bond motifs is 1. The third kappa shape index (κ3) is 1.41. The molecule has 2 aliphatic heterocycles. The van der Waals surface area contributed by atoms with Gasteiger partial charge in [-0.3, -0.25) is 0 Å². The van der Waals surface area contributed by atoms with Crippen LogP contribution in [0.3, 0.4) is 0 Å². The molecule has 0 spiro atoms. The summed E-state index contributed by atoms with van der Waals surface area (Å²) in [5.41, 5.74) is 5.52. The second kappa shape index (κ2) is 3.09. The van der Waals surface area contributed by atoms with E-state index >= 15 is 0 Å². The van der Waals surface area contributed by atoms with Gasteiger partial charge in [0.15, 0.2) is 0 Å². The molecular weight excluding hydrogens is 142 g/mol. The van der Waals surface area contributed by atoms with Crippen molar-refractivity contribution in [1.82, 2.24) is 0 Å². The molecule has 2 N–H and O–H groups in total. The predicted octanol–water partition coefficient (Wildman–Crippen LogP) is 0.139. The van der Waals surface area contributed by atoms with E-state index in [0.717, 1.165) is 26.1 Å². The Balaban J connectivity index is 1.92. The van der Waals surface area contributed by atoms with Gasteiger partial charge in [0, 0.05) is 19.1 Å². The van der Waals surface area contributed by atoms with Crippen molar-refractivity contribution in [3.05, 3.63) is 0 Å². The Morgan fingerprint density at radius 1 is 1.45 bits per heavy atom. The van der Waals surface area contributed by atoms with Gasteiger partial charge in [-0.15, -0.1) is 0 Å². The summed E-state index contributed by atoms with van der Waals surface area (Å²) in [6.45, 7) is 2.40. The predicted molar refractivity (Wildman–Crippen MR) is 41.3 cm³/mol. The first-order chi connectivity index (χ1) is 5.40. The molecule has 3 heteroatoms. The van der Waals surface area contributed by atoms with E-state index in [1.807, 2.05) is 0 Å². The lowest BCUT2D eigenvalue weighted by atomic mass is 9.97. The fourth-order valence-electron chi connectivity index (χ4n) is 1.97. The Morgan fingerprint density at radius 3 is 3.09 bits per heavy atom. The zero-order chi connectivity index (χ0) is 7.68. The summed E-state index contributed by atoms with van der Waals surface area (Å²) >= 11 is 0. The van der Waals surface area contributed by atoms with Crippen molar-refractivity contribution in [3.8, 4) is 0 Å². The van der Waals surface area contributed by atoms with Gasteiger partial charge in [0.05, 0.1) is 18.8 Å². The molecule has 2 saturated heterocycles. The van der Waals surface area contributed by atoms with Crippen molar-refractivity contribution < 1.29 is 9.47 Å². The summed E-state index contributed by atoms with van der Waals surface area (Å²) in [5.74, 6) is 0.622. The maximum absolute atomic E-state index is 5.71. The molecule has 2 heterocycles. The minimum atomic E-state index is 0.298. The molecule has 11 heavy (non-hydrogen) atoms. The minimum absolute atomic E-state index is 0.298. The average molecular weight is 157 g/mol. The van der Waals surface area contributed by atoms with Crippen molar-refractivity contribution >= 4 is 0 Å². The average Bonchev–Trinajstić information content (AvgIpc) is 2.46. The van der Waals surface area contributed by atoms with Gasteiger partial charge < -0.3 is 15.2 Å². The van der Waals surface area contributed by atoms with E-state index in [-0.39, 0.29) is 0 Å². The first-order valence-electron chi connectivity index (χ1n) is 4.33. The molecule has 64 valence electrons. The highest BCUT2D eigenvalue weighted by Gasteiger charge is 2.36. The Labute approximate surface area is 66.8 Å². The van der Waals surface area contributed by atoms with Crippen LogP contribution in [0.5, 0.6) is 0 Å². The summed E-state index contributed by atoms with van der Waals surface area (Å²) in [7, 11) is 0. The standard InChI is InChI=1S/C8H15NO2/c9-4-7-3-6-5-10-2-1-8(6)11-7/h6-8H,1-5,9H2. The van der Waals surface area contributed by atoms with Crippen LogP contribution in [0.25, 0.3) is 0 Å². The number of hydrogen-bond acceptors (Lipinski definition) is 3. The van der Waals surface area contributed by atoms with Crippen molar-refractivity contribution in [2.75, 3.05) is 19.8 Å². The van der Waals surface area contributed by atoms with Crippen LogP contribution in [-0.2, 0) is 9.47 Å². The van der Waals surface area contributed by atoms with Gasteiger partial charge in [0.25, 0.3) is 0 Å².